The van der Waals surface area contributed by atoms with Crippen LogP contribution < -0.4 is 10.2 Å². The van der Waals surface area contributed by atoms with Crippen molar-refractivity contribution in [3.8, 4) is 11.6 Å². The predicted octanol–water partition coefficient (Wildman–Crippen LogP) is 4.48. The van der Waals surface area contributed by atoms with Crippen LogP contribution in [0.15, 0.2) is 65.0 Å². The second kappa shape index (κ2) is 5.39. The normalized spacial score (nSPS) is 11.4. The monoisotopic (exact) mass is 345 g/mol. The predicted molar refractivity (Wildman–Crippen MR) is 99.6 cm³/mol. The van der Waals surface area contributed by atoms with E-state index in [0.717, 1.165) is 21.3 Å². The van der Waals surface area contributed by atoms with Gasteiger partial charge < -0.3 is 9.72 Å². The van der Waals surface area contributed by atoms with Gasteiger partial charge in [0.05, 0.1) is 10.9 Å². The summed E-state index contributed by atoms with van der Waals surface area (Å²) in [4.78, 5) is 25.3. The molecule has 3 heterocycles. The van der Waals surface area contributed by atoms with E-state index in [1.165, 1.54) is 17.7 Å². The molecule has 120 valence electrons. The zero-order valence-electron chi connectivity index (χ0n) is 12.9. The Balaban J connectivity index is 1.67. The van der Waals surface area contributed by atoms with Crippen LogP contribution in [-0.2, 0) is 0 Å². The minimum atomic E-state index is -0.0156. The Morgan fingerprint density at radius 2 is 1.80 bits per heavy atom. The summed E-state index contributed by atoms with van der Waals surface area (Å²) in [6, 6.07) is 14.8. The summed E-state index contributed by atoms with van der Waals surface area (Å²) >= 11 is 1.53. The van der Waals surface area contributed by atoms with Gasteiger partial charge in [-0.15, -0.1) is 11.3 Å². The van der Waals surface area contributed by atoms with Crippen LogP contribution in [0, 0.1) is 0 Å². The first kappa shape index (κ1) is 14.1. The van der Waals surface area contributed by atoms with Gasteiger partial charge in [0.2, 0.25) is 5.88 Å². The lowest BCUT2D eigenvalue weighted by Gasteiger charge is -2.07. The minimum Gasteiger partial charge on any atom is -0.438 e. The molecule has 0 aliphatic heterocycles. The third-order valence-electron chi connectivity index (χ3n) is 4.12. The Morgan fingerprint density at radius 3 is 2.76 bits per heavy atom. The second-order valence-corrected chi connectivity index (χ2v) is 6.52. The van der Waals surface area contributed by atoms with Gasteiger partial charge in [0.15, 0.2) is 5.43 Å². The van der Waals surface area contributed by atoms with Gasteiger partial charge in [-0.1, -0.05) is 12.1 Å². The fourth-order valence-corrected chi connectivity index (χ4v) is 3.65. The fourth-order valence-electron chi connectivity index (χ4n) is 2.92. The molecule has 1 N–H and O–H groups in total. The number of benzene rings is 2. The number of fused-ring (bicyclic) bond motifs is 3. The molecule has 0 aliphatic carbocycles. The Hall–Kier alpha value is -3.25. The molecule has 3 aromatic heterocycles. The van der Waals surface area contributed by atoms with Gasteiger partial charge in [-0.25, -0.2) is 9.97 Å². The van der Waals surface area contributed by atoms with Gasteiger partial charge in [-0.2, -0.15) is 0 Å². The van der Waals surface area contributed by atoms with Gasteiger partial charge in [-0.3, -0.25) is 4.79 Å². The van der Waals surface area contributed by atoms with Crippen LogP contribution in [0.5, 0.6) is 11.6 Å². The lowest BCUT2D eigenvalue weighted by Crippen LogP contribution is -2.04. The maximum absolute atomic E-state index is 12.8. The molecule has 0 saturated carbocycles. The number of aromatic amines is 1. The van der Waals surface area contributed by atoms with Crippen LogP contribution >= 0.6 is 11.3 Å². The van der Waals surface area contributed by atoms with Crippen LogP contribution in [-0.4, -0.2) is 15.0 Å². The molecular formula is C19H11N3O2S. The van der Waals surface area contributed by atoms with Crippen LogP contribution in [0.4, 0.5) is 0 Å². The SMILES string of the molecule is O=c1c2ccccc2[nH]c2ccc(Oc3ncnc4sccc34)cc12. The summed E-state index contributed by atoms with van der Waals surface area (Å²) < 4.78 is 5.93. The van der Waals surface area contributed by atoms with E-state index in [0.29, 0.717) is 22.4 Å². The number of nitrogens with zero attached hydrogens (tertiary/aromatic N) is 2. The van der Waals surface area contributed by atoms with Crippen molar-refractivity contribution in [2.45, 2.75) is 0 Å². The van der Waals surface area contributed by atoms with E-state index in [2.05, 4.69) is 15.0 Å². The van der Waals surface area contributed by atoms with Crippen molar-refractivity contribution in [2.75, 3.05) is 0 Å². The highest BCUT2D eigenvalue weighted by atomic mass is 32.1. The van der Waals surface area contributed by atoms with Gasteiger partial charge in [0.1, 0.15) is 16.9 Å². The van der Waals surface area contributed by atoms with Crippen LogP contribution in [0.25, 0.3) is 32.0 Å². The first-order valence-corrected chi connectivity index (χ1v) is 8.58. The molecular weight excluding hydrogens is 334 g/mol. The number of nitrogens with one attached hydrogen (secondary N) is 1. The molecule has 0 fully saturated rings. The minimum absolute atomic E-state index is 0.0156. The maximum Gasteiger partial charge on any atom is 0.231 e. The third-order valence-corrected chi connectivity index (χ3v) is 4.94. The van der Waals surface area contributed by atoms with E-state index < -0.39 is 0 Å². The fraction of sp³-hybridized carbons (Fsp3) is 0. The standard InChI is InChI=1S/C19H11N3O2S/c23-17-12-3-1-2-4-15(12)22-16-6-5-11(9-14(16)17)24-18-13-7-8-25-19(13)21-10-20-18/h1-10H,(H,22,23). The molecule has 0 spiro atoms. The van der Waals surface area contributed by atoms with Crippen molar-refractivity contribution in [3.63, 3.8) is 0 Å². The zero-order chi connectivity index (χ0) is 16.8. The van der Waals surface area contributed by atoms with Crippen LogP contribution in [0.1, 0.15) is 0 Å². The number of rotatable bonds is 2. The average molecular weight is 345 g/mol. The number of hydrogen-bond donors (Lipinski definition) is 1. The molecule has 0 bridgehead atoms. The van der Waals surface area contributed by atoms with Crippen molar-refractivity contribution >= 4 is 43.4 Å². The third kappa shape index (κ3) is 2.27. The van der Waals surface area contributed by atoms with E-state index in [1.807, 2.05) is 47.8 Å². The topological polar surface area (TPSA) is 67.9 Å². The summed E-state index contributed by atoms with van der Waals surface area (Å²) in [6.07, 6.45) is 1.48. The lowest BCUT2D eigenvalue weighted by molar-refractivity contribution is 0.469. The van der Waals surface area contributed by atoms with E-state index in [9.17, 15) is 4.79 Å². The second-order valence-electron chi connectivity index (χ2n) is 5.63. The number of H-pyrrole nitrogens is 1. The molecule has 0 atom stereocenters. The van der Waals surface area contributed by atoms with Crippen molar-refractivity contribution < 1.29 is 4.74 Å². The van der Waals surface area contributed by atoms with Crippen molar-refractivity contribution in [3.05, 3.63) is 70.5 Å². The molecule has 0 saturated heterocycles. The summed E-state index contributed by atoms with van der Waals surface area (Å²) in [5.74, 6) is 1.06. The average Bonchev–Trinajstić information content (AvgIpc) is 3.12. The van der Waals surface area contributed by atoms with E-state index in [-0.39, 0.29) is 5.43 Å². The quantitative estimate of drug-likeness (QED) is 0.479. The number of hydrogen-bond acceptors (Lipinski definition) is 5. The molecule has 5 rings (SSSR count). The molecule has 2 aromatic carbocycles. The van der Waals surface area contributed by atoms with Crippen molar-refractivity contribution in [2.24, 2.45) is 0 Å². The largest absolute Gasteiger partial charge is 0.438 e. The first-order valence-electron chi connectivity index (χ1n) is 7.70. The number of pyridine rings is 1. The molecule has 5 aromatic rings. The molecule has 0 amide bonds. The van der Waals surface area contributed by atoms with Crippen LogP contribution in [0.2, 0.25) is 0 Å². The molecule has 6 heteroatoms. The summed E-state index contributed by atoms with van der Waals surface area (Å²) in [7, 11) is 0. The maximum atomic E-state index is 12.8. The Morgan fingerprint density at radius 1 is 0.920 bits per heavy atom. The van der Waals surface area contributed by atoms with E-state index >= 15 is 0 Å². The van der Waals surface area contributed by atoms with E-state index in [4.69, 9.17) is 4.74 Å². The lowest BCUT2D eigenvalue weighted by atomic mass is 10.1. The van der Waals surface area contributed by atoms with Gasteiger partial charge in [0, 0.05) is 16.3 Å². The smallest absolute Gasteiger partial charge is 0.231 e. The highest BCUT2D eigenvalue weighted by Gasteiger charge is 2.10. The zero-order valence-corrected chi connectivity index (χ0v) is 13.7. The Bertz CT molecular complexity index is 1310. The van der Waals surface area contributed by atoms with Gasteiger partial charge in [-0.05, 0) is 41.8 Å². The highest BCUT2D eigenvalue weighted by molar-refractivity contribution is 7.16. The number of para-hydroxylation sites is 1. The summed E-state index contributed by atoms with van der Waals surface area (Å²) in [5, 5.41) is 4.06. The van der Waals surface area contributed by atoms with Gasteiger partial charge >= 0.3 is 0 Å². The number of aromatic nitrogens is 3. The Kier molecular flexibility index (Phi) is 3.05. The van der Waals surface area contributed by atoms with E-state index in [1.54, 1.807) is 6.07 Å². The van der Waals surface area contributed by atoms with Gasteiger partial charge in [0.25, 0.3) is 0 Å². The molecule has 0 unspecified atom stereocenters. The number of thiophene rings is 1. The molecule has 5 nitrogen and oxygen atoms in total. The summed E-state index contributed by atoms with van der Waals surface area (Å²) in [5.41, 5.74) is 1.59. The molecule has 0 aliphatic rings. The summed E-state index contributed by atoms with van der Waals surface area (Å²) in [6.45, 7) is 0. The molecule has 25 heavy (non-hydrogen) atoms. The van der Waals surface area contributed by atoms with Crippen LogP contribution in [0.3, 0.4) is 0 Å². The first-order chi connectivity index (χ1) is 12.3. The van der Waals surface area contributed by atoms with Crippen molar-refractivity contribution in [1.82, 2.24) is 15.0 Å². The Labute approximate surface area is 145 Å². The number of ether oxygens (including phenoxy) is 1. The molecule has 0 radical (unpaired) electrons. The van der Waals surface area contributed by atoms with Crippen molar-refractivity contribution in [1.29, 1.82) is 0 Å². The highest BCUT2D eigenvalue weighted by Crippen LogP contribution is 2.30.